The summed E-state index contributed by atoms with van der Waals surface area (Å²) in [6.07, 6.45) is 0.145. The summed E-state index contributed by atoms with van der Waals surface area (Å²) in [4.78, 5) is 12.5. The molecule has 1 aromatic carbocycles. The molecule has 1 aliphatic rings. The molecule has 6 nitrogen and oxygen atoms in total. The summed E-state index contributed by atoms with van der Waals surface area (Å²) >= 11 is 0. The molecule has 0 unspecified atom stereocenters. The van der Waals surface area contributed by atoms with Crippen LogP contribution in [0.3, 0.4) is 0 Å². The summed E-state index contributed by atoms with van der Waals surface area (Å²) in [6, 6.07) is 5.23. The van der Waals surface area contributed by atoms with Gasteiger partial charge in [-0.15, -0.1) is 0 Å². The van der Waals surface area contributed by atoms with Crippen molar-refractivity contribution in [3.63, 3.8) is 0 Å². The van der Waals surface area contributed by atoms with Crippen LogP contribution in [-0.4, -0.2) is 36.0 Å². The fourth-order valence-electron chi connectivity index (χ4n) is 2.47. The summed E-state index contributed by atoms with van der Waals surface area (Å²) in [5.41, 5.74) is 0.142. The number of nitrogens with zero attached hydrogens (tertiary/aromatic N) is 3. The van der Waals surface area contributed by atoms with Gasteiger partial charge in [-0.2, -0.15) is 5.26 Å². The van der Waals surface area contributed by atoms with Crippen LogP contribution in [0.4, 0.5) is 10.1 Å². The van der Waals surface area contributed by atoms with Crippen molar-refractivity contribution >= 4 is 5.69 Å². The fourth-order valence-corrected chi connectivity index (χ4v) is 2.47. The van der Waals surface area contributed by atoms with Gasteiger partial charge in [0, 0.05) is 31.7 Å². The van der Waals surface area contributed by atoms with E-state index in [-0.39, 0.29) is 18.2 Å². The highest BCUT2D eigenvalue weighted by molar-refractivity contribution is 5.43. The van der Waals surface area contributed by atoms with E-state index in [4.69, 9.17) is 5.26 Å². The number of nitriles is 1. The van der Waals surface area contributed by atoms with Gasteiger partial charge in [-0.25, -0.2) is 4.39 Å². The monoisotopic (exact) mass is 278 g/mol. The Bertz CT molecular complexity index is 538. The molecule has 0 aliphatic carbocycles. The van der Waals surface area contributed by atoms with Gasteiger partial charge < -0.3 is 5.32 Å². The zero-order valence-electron chi connectivity index (χ0n) is 10.9. The first-order chi connectivity index (χ1) is 9.63. The van der Waals surface area contributed by atoms with Crippen LogP contribution in [0.1, 0.15) is 18.0 Å². The van der Waals surface area contributed by atoms with Crippen LogP contribution in [0.25, 0.3) is 0 Å². The van der Waals surface area contributed by atoms with Gasteiger partial charge in [0.25, 0.3) is 5.69 Å². The molecule has 1 fully saturated rings. The van der Waals surface area contributed by atoms with Crippen molar-refractivity contribution in [3.05, 3.63) is 39.7 Å². The smallest absolute Gasteiger partial charge is 0.277 e. The molecule has 2 rings (SSSR count). The number of hydrogen-bond donors (Lipinski definition) is 1. The van der Waals surface area contributed by atoms with Crippen molar-refractivity contribution in [1.82, 2.24) is 10.2 Å². The lowest BCUT2D eigenvalue weighted by Gasteiger charge is -2.33. The van der Waals surface area contributed by atoms with Gasteiger partial charge in [-0.3, -0.25) is 15.0 Å². The van der Waals surface area contributed by atoms with Crippen molar-refractivity contribution in [1.29, 1.82) is 5.26 Å². The summed E-state index contributed by atoms with van der Waals surface area (Å²) in [6.45, 7) is 2.97. The van der Waals surface area contributed by atoms with Gasteiger partial charge in [-0.1, -0.05) is 0 Å². The molecular formula is C13H15FN4O2. The van der Waals surface area contributed by atoms with Gasteiger partial charge in [0.05, 0.1) is 29.5 Å². The van der Waals surface area contributed by atoms with Crippen LogP contribution in [0.15, 0.2) is 18.2 Å². The Balaban J connectivity index is 2.38. The van der Waals surface area contributed by atoms with Crippen molar-refractivity contribution < 1.29 is 9.31 Å². The molecule has 20 heavy (non-hydrogen) atoms. The summed E-state index contributed by atoms with van der Waals surface area (Å²) in [5.74, 6) is -0.642. The minimum atomic E-state index is -0.642. The molecule has 1 atom stereocenters. The van der Waals surface area contributed by atoms with Crippen LogP contribution in [0.5, 0.6) is 0 Å². The van der Waals surface area contributed by atoms with Crippen LogP contribution in [-0.2, 0) is 0 Å². The van der Waals surface area contributed by atoms with E-state index in [2.05, 4.69) is 11.4 Å². The predicted molar refractivity (Wildman–Crippen MR) is 70.5 cm³/mol. The third-order valence-electron chi connectivity index (χ3n) is 3.43. The van der Waals surface area contributed by atoms with Gasteiger partial charge in [0.15, 0.2) is 0 Å². The van der Waals surface area contributed by atoms with E-state index in [0.29, 0.717) is 18.7 Å². The van der Waals surface area contributed by atoms with Gasteiger partial charge in [-0.05, 0) is 12.1 Å². The zero-order chi connectivity index (χ0) is 14.5. The van der Waals surface area contributed by atoms with E-state index >= 15 is 0 Å². The van der Waals surface area contributed by atoms with Crippen LogP contribution in [0, 0.1) is 27.3 Å². The van der Waals surface area contributed by atoms with Crippen molar-refractivity contribution in [3.8, 4) is 6.07 Å². The van der Waals surface area contributed by atoms with Crippen LogP contribution >= 0.6 is 0 Å². The number of hydrogen-bond acceptors (Lipinski definition) is 5. The van der Waals surface area contributed by atoms with Gasteiger partial charge >= 0.3 is 0 Å². The molecular weight excluding hydrogens is 263 g/mol. The maximum absolute atomic E-state index is 13.2. The molecule has 0 spiro atoms. The Labute approximate surface area is 116 Å². The maximum Gasteiger partial charge on any atom is 0.277 e. The molecule has 1 heterocycles. The first-order valence-corrected chi connectivity index (χ1v) is 6.39. The molecule has 0 aromatic heterocycles. The van der Waals surface area contributed by atoms with Crippen LogP contribution < -0.4 is 5.32 Å². The molecule has 0 bridgehead atoms. The van der Waals surface area contributed by atoms with Crippen molar-refractivity contribution in [2.24, 2.45) is 0 Å². The Morgan fingerprint density at radius 1 is 1.50 bits per heavy atom. The second-order valence-electron chi connectivity index (χ2n) is 4.62. The SMILES string of the molecule is N#CC[C@H](c1ccc(F)cc1[N+](=O)[O-])N1CCNCC1. The Hall–Kier alpha value is -2.04. The highest BCUT2D eigenvalue weighted by atomic mass is 19.1. The Kier molecular flexibility index (Phi) is 4.61. The number of nitrogens with one attached hydrogen (secondary N) is 1. The molecule has 1 aliphatic heterocycles. The second-order valence-corrected chi connectivity index (χ2v) is 4.62. The molecule has 1 saturated heterocycles. The number of halogens is 1. The van der Waals surface area contributed by atoms with Crippen LogP contribution in [0.2, 0.25) is 0 Å². The Morgan fingerprint density at radius 2 is 2.20 bits per heavy atom. The normalized spacial score (nSPS) is 17.4. The molecule has 0 amide bonds. The number of piperazine rings is 1. The average molecular weight is 278 g/mol. The van der Waals surface area contributed by atoms with Gasteiger partial charge in [0.1, 0.15) is 5.82 Å². The molecule has 1 aromatic rings. The summed E-state index contributed by atoms with van der Waals surface area (Å²) in [5, 5.41) is 23.3. The minimum absolute atomic E-state index is 0.145. The van der Waals surface area contributed by atoms with E-state index in [0.717, 1.165) is 19.2 Å². The molecule has 106 valence electrons. The van der Waals surface area contributed by atoms with Crippen molar-refractivity contribution in [2.75, 3.05) is 26.2 Å². The predicted octanol–water partition coefficient (Wildman–Crippen LogP) is 1.59. The number of nitro benzene ring substituents is 1. The summed E-state index contributed by atoms with van der Waals surface area (Å²) < 4.78 is 13.2. The quantitative estimate of drug-likeness (QED) is 0.668. The molecule has 0 radical (unpaired) electrons. The molecule has 0 saturated carbocycles. The standard InChI is InChI=1S/C13H15FN4O2/c14-10-1-2-11(13(9-10)18(19)20)12(3-4-15)17-7-5-16-6-8-17/h1-2,9,12,16H,3,5-8H2/t12-/m1/s1. The molecule has 1 N–H and O–H groups in total. The maximum atomic E-state index is 13.2. The fraction of sp³-hybridized carbons (Fsp3) is 0.462. The largest absolute Gasteiger partial charge is 0.314 e. The number of benzene rings is 1. The first-order valence-electron chi connectivity index (χ1n) is 6.39. The highest BCUT2D eigenvalue weighted by Gasteiger charge is 2.28. The third-order valence-corrected chi connectivity index (χ3v) is 3.43. The van der Waals surface area contributed by atoms with E-state index < -0.39 is 10.7 Å². The lowest BCUT2D eigenvalue weighted by atomic mass is 9.99. The van der Waals surface area contributed by atoms with Crippen molar-refractivity contribution in [2.45, 2.75) is 12.5 Å². The first kappa shape index (κ1) is 14.4. The second kappa shape index (κ2) is 6.41. The molecule has 7 heteroatoms. The zero-order valence-corrected chi connectivity index (χ0v) is 10.9. The van der Waals surface area contributed by atoms with E-state index in [9.17, 15) is 14.5 Å². The van der Waals surface area contributed by atoms with Gasteiger partial charge in [0.2, 0.25) is 0 Å². The highest BCUT2D eigenvalue weighted by Crippen LogP contribution is 2.32. The topological polar surface area (TPSA) is 82.2 Å². The van der Waals surface area contributed by atoms with E-state index in [1.807, 2.05) is 4.90 Å². The van der Waals surface area contributed by atoms with E-state index in [1.165, 1.54) is 12.1 Å². The summed E-state index contributed by atoms with van der Waals surface area (Å²) in [7, 11) is 0. The average Bonchev–Trinajstić information content (AvgIpc) is 2.46. The Morgan fingerprint density at radius 3 is 2.80 bits per heavy atom. The number of rotatable bonds is 4. The third kappa shape index (κ3) is 3.10. The lowest BCUT2D eigenvalue weighted by Crippen LogP contribution is -2.45. The minimum Gasteiger partial charge on any atom is -0.314 e. The van der Waals surface area contributed by atoms with E-state index in [1.54, 1.807) is 0 Å². The lowest BCUT2D eigenvalue weighted by molar-refractivity contribution is -0.386. The number of nitro groups is 1.